The molecule has 0 aromatic carbocycles. The molecule has 2 rings (SSSR count). The molecule has 1 aromatic heterocycles. The summed E-state index contributed by atoms with van der Waals surface area (Å²) >= 11 is 0. The zero-order valence-electron chi connectivity index (χ0n) is 14.0. The third-order valence-electron chi connectivity index (χ3n) is 4.40. The fraction of sp³-hybridized carbons (Fsp3) is 0.706. The van der Waals surface area contributed by atoms with Crippen LogP contribution in [0.5, 0.6) is 5.75 Å². The van der Waals surface area contributed by atoms with Crippen LogP contribution in [0.3, 0.4) is 0 Å². The molecule has 0 spiro atoms. The first-order valence-electron chi connectivity index (χ1n) is 8.12. The second kappa shape index (κ2) is 6.84. The Kier molecular flexibility index (Phi) is 5.29. The van der Waals surface area contributed by atoms with E-state index in [0.29, 0.717) is 29.8 Å². The van der Waals surface area contributed by atoms with Gasteiger partial charge in [-0.3, -0.25) is 9.69 Å². The summed E-state index contributed by atoms with van der Waals surface area (Å²) in [4.78, 5) is 14.3. The third kappa shape index (κ3) is 3.52. The molecule has 1 aliphatic heterocycles. The molecule has 5 heteroatoms. The van der Waals surface area contributed by atoms with Gasteiger partial charge in [0.15, 0.2) is 5.75 Å². The quantitative estimate of drug-likeness (QED) is 0.894. The van der Waals surface area contributed by atoms with Crippen LogP contribution in [-0.2, 0) is 13.2 Å². The zero-order valence-corrected chi connectivity index (χ0v) is 14.0. The first-order valence-corrected chi connectivity index (χ1v) is 8.12. The molecule has 2 N–H and O–H groups in total. The number of likely N-dealkylation sites (tertiary alicyclic amines) is 1. The van der Waals surface area contributed by atoms with Crippen LogP contribution in [0.2, 0.25) is 0 Å². The second-order valence-corrected chi connectivity index (χ2v) is 7.06. The molecule has 0 radical (unpaired) electrons. The Balaban J connectivity index is 2.40. The molecule has 2 unspecified atom stereocenters. The van der Waals surface area contributed by atoms with E-state index in [2.05, 4.69) is 18.7 Å². The van der Waals surface area contributed by atoms with Crippen molar-refractivity contribution in [3.63, 3.8) is 0 Å². The van der Waals surface area contributed by atoms with Crippen molar-refractivity contribution in [2.75, 3.05) is 13.1 Å². The van der Waals surface area contributed by atoms with E-state index >= 15 is 0 Å². The minimum atomic E-state index is -0.408. The summed E-state index contributed by atoms with van der Waals surface area (Å²) in [6.07, 6.45) is 1.22. The highest BCUT2D eigenvalue weighted by atomic mass is 16.3. The minimum absolute atomic E-state index is 0.0725. The average Bonchev–Trinajstić information content (AvgIpc) is 2.41. The number of aromatic hydroxyl groups is 1. The van der Waals surface area contributed by atoms with E-state index in [4.69, 9.17) is 0 Å². The molecule has 0 saturated carbocycles. The van der Waals surface area contributed by atoms with Crippen molar-refractivity contribution in [3.05, 3.63) is 27.7 Å². The predicted molar refractivity (Wildman–Crippen MR) is 86.9 cm³/mol. The Bertz CT molecular complexity index is 570. The fourth-order valence-electron chi connectivity index (χ4n) is 3.77. The summed E-state index contributed by atoms with van der Waals surface area (Å²) in [6, 6.07) is 1.41. The first kappa shape index (κ1) is 17.0. The highest BCUT2D eigenvalue weighted by Crippen LogP contribution is 2.26. The van der Waals surface area contributed by atoms with Gasteiger partial charge >= 0.3 is 0 Å². The van der Waals surface area contributed by atoms with Gasteiger partial charge in [-0.2, -0.15) is 0 Å². The van der Waals surface area contributed by atoms with Gasteiger partial charge < -0.3 is 14.8 Å². The van der Waals surface area contributed by atoms with Crippen LogP contribution in [0.4, 0.5) is 0 Å². The van der Waals surface area contributed by atoms with Gasteiger partial charge in [-0.1, -0.05) is 13.8 Å². The lowest BCUT2D eigenvalue weighted by atomic mass is 9.92. The summed E-state index contributed by atoms with van der Waals surface area (Å²) in [5.41, 5.74) is 0.771. The number of aliphatic hydroxyl groups excluding tert-OH is 1. The van der Waals surface area contributed by atoms with E-state index in [1.807, 2.05) is 18.4 Å². The summed E-state index contributed by atoms with van der Waals surface area (Å²) in [6.45, 7) is 10.8. The van der Waals surface area contributed by atoms with Crippen molar-refractivity contribution < 1.29 is 10.2 Å². The number of rotatable bonds is 4. The maximum Gasteiger partial charge on any atom is 0.223 e. The lowest BCUT2D eigenvalue weighted by Gasteiger charge is -2.36. The molecule has 2 atom stereocenters. The Morgan fingerprint density at radius 3 is 2.36 bits per heavy atom. The van der Waals surface area contributed by atoms with Crippen molar-refractivity contribution in [2.45, 2.75) is 53.3 Å². The topological polar surface area (TPSA) is 65.7 Å². The van der Waals surface area contributed by atoms with Gasteiger partial charge in [0, 0.05) is 37.4 Å². The van der Waals surface area contributed by atoms with Gasteiger partial charge in [0.1, 0.15) is 0 Å². The highest BCUT2D eigenvalue weighted by molar-refractivity contribution is 5.30. The van der Waals surface area contributed by atoms with Crippen LogP contribution < -0.4 is 5.43 Å². The Morgan fingerprint density at radius 2 is 1.86 bits per heavy atom. The molecule has 5 nitrogen and oxygen atoms in total. The normalized spacial score (nSPS) is 23.2. The smallest absolute Gasteiger partial charge is 0.223 e. The molecule has 0 aliphatic carbocycles. The van der Waals surface area contributed by atoms with Gasteiger partial charge in [-0.05, 0) is 32.1 Å². The van der Waals surface area contributed by atoms with Crippen LogP contribution >= 0.6 is 0 Å². The fourth-order valence-corrected chi connectivity index (χ4v) is 3.77. The summed E-state index contributed by atoms with van der Waals surface area (Å²) in [5.74, 6) is 1.05. The third-order valence-corrected chi connectivity index (χ3v) is 4.40. The maximum atomic E-state index is 12.0. The van der Waals surface area contributed by atoms with Crippen molar-refractivity contribution in [1.29, 1.82) is 0 Å². The molecule has 0 amide bonds. The van der Waals surface area contributed by atoms with E-state index in [9.17, 15) is 15.0 Å². The van der Waals surface area contributed by atoms with Gasteiger partial charge in [-0.15, -0.1) is 0 Å². The molecule has 0 bridgehead atoms. The minimum Gasteiger partial charge on any atom is -0.503 e. The van der Waals surface area contributed by atoms with Crippen LogP contribution in [0.15, 0.2) is 10.9 Å². The molecule has 1 fully saturated rings. The SMILES string of the molecule is CC1CC(C)CN(Cc2c(O)c(=O)cc(CO)n2C(C)C)C1. The summed E-state index contributed by atoms with van der Waals surface area (Å²) < 4.78 is 1.89. The lowest BCUT2D eigenvalue weighted by Crippen LogP contribution is -2.39. The van der Waals surface area contributed by atoms with E-state index in [-0.39, 0.29) is 18.4 Å². The van der Waals surface area contributed by atoms with Gasteiger partial charge in [0.2, 0.25) is 5.43 Å². The molecule has 22 heavy (non-hydrogen) atoms. The molecule has 124 valence electrons. The number of aliphatic hydroxyl groups is 1. The molecule has 1 aromatic rings. The summed E-state index contributed by atoms with van der Waals surface area (Å²) in [5, 5.41) is 19.8. The van der Waals surface area contributed by atoms with Crippen molar-refractivity contribution >= 4 is 0 Å². The van der Waals surface area contributed by atoms with Crippen LogP contribution in [-0.4, -0.2) is 32.8 Å². The lowest BCUT2D eigenvalue weighted by molar-refractivity contribution is 0.128. The maximum absolute atomic E-state index is 12.0. The van der Waals surface area contributed by atoms with Crippen LogP contribution in [0.25, 0.3) is 0 Å². The van der Waals surface area contributed by atoms with Crippen molar-refractivity contribution in [1.82, 2.24) is 9.47 Å². The van der Waals surface area contributed by atoms with E-state index < -0.39 is 5.43 Å². The molecule has 1 aliphatic rings. The number of hydrogen-bond donors (Lipinski definition) is 2. The monoisotopic (exact) mass is 308 g/mol. The zero-order chi connectivity index (χ0) is 16.4. The van der Waals surface area contributed by atoms with E-state index in [1.54, 1.807) is 0 Å². The molecule has 2 heterocycles. The van der Waals surface area contributed by atoms with Crippen LogP contribution in [0.1, 0.15) is 51.5 Å². The highest BCUT2D eigenvalue weighted by Gasteiger charge is 2.25. The Labute approximate surface area is 132 Å². The predicted octanol–water partition coefficient (Wildman–Crippen LogP) is 2.10. The number of piperidine rings is 1. The molecular formula is C17H28N2O3. The van der Waals surface area contributed by atoms with E-state index in [0.717, 1.165) is 13.1 Å². The standard InChI is InChI=1S/C17H28N2O3/c1-11(2)19-14(10-20)6-16(21)17(22)15(19)9-18-7-12(3)5-13(4)8-18/h6,11-13,20,22H,5,7-10H2,1-4H3. The van der Waals surface area contributed by atoms with Gasteiger partial charge in [0.05, 0.1) is 12.3 Å². The van der Waals surface area contributed by atoms with Gasteiger partial charge in [-0.25, -0.2) is 0 Å². The number of hydrogen-bond acceptors (Lipinski definition) is 4. The van der Waals surface area contributed by atoms with Crippen molar-refractivity contribution in [2.24, 2.45) is 11.8 Å². The number of nitrogens with zero attached hydrogens (tertiary/aromatic N) is 2. The van der Waals surface area contributed by atoms with Gasteiger partial charge in [0.25, 0.3) is 0 Å². The molecule has 1 saturated heterocycles. The van der Waals surface area contributed by atoms with Crippen LogP contribution in [0, 0.1) is 11.8 Å². The number of pyridine rings is 1. The molecular weight excluding hydrogens is 280 g/mol. The Hall–Kier alpha value is -1.33. The summed E-state index contributed by atoms with van der Waals surface area (Å²) in [7, 11) is 0. The average molecular weight is 308 g/mol. The largest absolute Gasteiger partial charge is 0.503 e. The van der Waals surface area contributed by atoms with Crippen molar-refractivity contribution in [3.8, 4) is 5.75 Å². The Morgan fingerprint density at radius 1 is 1.27 bits per heavy atom. The van der Waals surface area contributed by atoms with E-state index in [1.165, 1.54) is 12.5 Å². The first-order chi connectivity index (χ1) is 10.3. The second-order valence-electron chi connectivity index (χ2n) is 7.06. The number of aromatic nitrogens is 1.